The largest absolute Gasteiger partial charge is 0.355 e. The van der Waals surface area contributed by atoms with E-state index in [0.29, 0.717) is 6.79 Å². The highest BCUT2D eigenvalue weighted by Gasteiger charge is 2.19. The molecule has 8 unspecified atom stereocenters. The van der Waals surface area contributed by atoms with Gasteiger partial charge in [-0.05, 0) is 106 Å². The molecule has 0 radical (unpaired) electrons. The first-order valence-electron chi connectivity index (χ1n) is 13.0. The van der Waals surface area contributed by atoms with Crippen molar-refractivity contribution in [2.45, 2.75) is 117 Å². The number of hydrogen-bond acceptors (Lipinski definition) is 2. The zero-order valence-corrected chi connectivity index (χ0v) is 23.5. The third-order valence-corrected chi connectivity index (χ3v) is 8.02. The van der Waals surface area contributed by atoms with Gasteiger partial charge in [-0.1, -0.05) is 71.1 Å². The maximum absolute atomic E-state index is 5.88. The summed E-state index contributed by atoms with van der Waals surface area (Å²) < 4.78 is 11.9. The molecule has 2 nitrogen and oxygen atoms in total. The Balaban J connectivity index is 2.57. The van der Waals surface area contributed by atoms with Crippen molar-refractivity contribution in [1.29, 1.82) is 0 Å². The number of ether oxygens (including phenoxy) is 2. The van der Waals surface area contributed by atoms with Crippen molar-refractivity contribution in [2.24, 2.45) is 41.4 Å². The molecule has 0 bridgehead atoms. The average Bonchev–Trinajstić information content (AvgIpc) is 2.61. The first-order chi connectivity index (χ1) is 14.2. The Morgan fingerprint density at radius 2 is 0.933 bits per heavy atom. The van der Waals surface area contributed by atoms with Gasteiger partial charge in [0, 0.05) is 6.61 Å². The third-order valence-electron chi connectivity index (χ3n) is 7.03. The minimum atomic E-state index is 0.278. The van der Waals surface area contributed by atoms with Crippen LogP contribution in [0.5, 0.6) is 0 Å². The van der Waals surface area contributed by atoms with Crippen LogP contribution in [0.4, 0.5) is 0 Å². The van der Waals surface area contributed by atoms with Crippen LogP contribution in [0, 0.1) is 41.4 Å². The van der Waals surface area contributed by atoms with Gasteiger partial charge in [0.05, 0.1) is 0 Å². The minimum absolute atomic E-state index is 0.278. The maximum Gasteiger partial charge on any atom is 0.148 e. The molecule has 1 saturated heterocycles. The first kappa shape index (κ1) is 28.7. The van der Waals surface area contributed by atoms with E-state index in [0.717, 1.165) is 60.9 Å². The van der Waals surface area contributed by atoms with Gasteiger partial charge >= 0.3 is 0 Å². The van der Waals surface area contributed by atoms with Crippen LogP contribution in [0.2, 0.25) is 0 Å². The molecule has 0 aromatic rings. The summed E-state index contributed by atoms with van der Waals surface area (Å²) in [6, 6.07) is 0. The van der Waals surface area contributed by atoms with Crippen molar-refractivity contribution in [2.75, 3.05) is 13.4 Å². The summed E-state index contributed by atoms with van der Waals surface area (Å²) >= 11 is 2.44. The minimum Gasteiger partial charge on any atom is -0.355 e. The van der Waals surface area contributed by atoms with Gasteiger partial charge in [-0.2, -0.15) is 0 Å². The highest BCUT2D eigenvalue weighted by Crippen LogP contribution is 2.31. The summed E-state index contributed by atoms with van der Waals surface area (Å²) in [4.78, 5) is 0. The Morgan fingerprint density at radius 1 is 0.533 bits per heavy atom. The van der Waals surface area contributed by atoms with Crippen LogP contribution < -0.4 is 0 Å². The van der Waals surface area contributed by atoms with Gasteiger partial charge < -0.3 is 9.47 Å². The Kier molecular flexibility index (Phi) is 15.6. The van der Waals surface area contributed by atoms with E-state index in [9.17, 15) is 0 Å². The van der Waals surface area contributed by atoms with E-state index in [1.165, 1.54) is 51.4 Å². The fourth-order valence-electron chi connectivity index (χ4n) is 6.05. The molecule has 8 atom stereocenters. The van der Waals surface area contributed by atoms with E-state index in [2.05, 4.69) is 71.1 Å². The molecule has 30 heavy (non-hydrogen) atoms. The normalized spacial score (nSPS) is 40.8. The Labute approximate surface area is 203 Å². The number of rotatable bonds is 0. The van der Waals surface area contributed by atoms with Gasteiger partial charge in [0.2, 0.25) is 0 Å². The van der Waals surface area contributed by atoms with Crippen LogP contribution in [0.15, 0.2) is 0 Å². The van der Waals surface area contributed by atoms with E-state index < -0.39 is 0 Å². The molecule has 1 fully saturated rings. The smallest absolute Gasteiger partial charge is 0.148 e. The molecule has 1 aliphatic rings. The molecule has 0 aromatic carbocycles. The SMILES string of the molecule is CC1CCCOCOC(I)CCC(C)CC(C)CC(C)CC(C)CC(C)CC(C)C1. The summed E-state index contributed by atoms with van der Waals surface area (Å²) in [6.07, 6.45) is 13.1. The lowest BCUT2D eigenvalue weighted by atomic mass is 9.80. The summed E-state index contributed by atoms with van der Waals surface area (Å²) in [5.41, 5.74) is 0. The molecule has 0 aromatic heterocycles. The fourth-order valence-corrected chi connectivity index (χ4v) is 6.56. The van der Waals surface area contributed by atoms with E-state index in [-0.39, 0.29) is 4.11 Å². The summed E-state index contributed by atoms with van der Waals surface area (Å²) in [6.45, 7) is 18.5. The monoisotopic (exact) mass is 536 g/mol. The summed E-state index contributed by atoms with van der Waals surface area (Å²) in [5, 5.41) is 0. The van der Waals surface area contributed by atoms with Gasteiger partial charge in [0.1, 0.15) is 10.9 Å². The zero-order valence-electron chi connectivity index (χ0n) is 21.3. The molecule has 1 heterocycles. The fraction of sp³-hybridized carbons (Fsp3) is 1.00. The molecule has 0 spiro atoms. The summed E-state index contributed by atoms with van der Waals surface area (Å²) in [7, 11) is 0. The quantitative estimate of drug-likeness (QED) is 0.227. The van der Waals surface area contributed by atoms with E-state index in [4.69, 9.17) is 9.47 Å². The van der Waals surface area contributed by atoms with Crippen molar-refractivity contribution >= 4 is 22.6 Å². The van der Waals surface area contributed by atoms with Crippen molar-refractivity contribution < 1.29 is 9.47 Å². The second-order valence-corrected chi connectivity index (χ2v) is 12.9. The van der Waals surface area contributed by atoms with Gasteiger partial charge in [-0.3, -0.25) is 0 Å². The second kappa shape index (κ2) is 16.3. The lowest BCUT2D eigenvalue weighted by Crippen LogP contribution is -2.15. The van der Waals surface area contributed by atoms with E-state index >= 15 is 0 Å². The molecule has 0 saturated carbocycles. The van der Waals surface area contributed by atoms with Gasteiger partial charge in [-0.15, -0.1) is 0 Å². The summed E-state index contributed by atoms with van der Waals surface area (Å²) in [5.74, 6) is 5.81. The first-order valence-corrected chi connectivity index (χ1v) is 14.2. The topological polar surface area (TPSA) is 18.5 Å². The highest BCUT2D eigenvalue weighted by atomic mass is 127. The molecule has 0 aliphatic carbocycles. The molecule has 180 valence electrons. The van der Waals surface area contributed by atoms with Crippen molar-refractivity contribution in [3.63, 3.8) is 0 Å². The van der Waals surface area contributed by atoms with Crippen molar-refractivity contribution in [3.05, 3.63) is 0 Å². The lowest BCUT2D eigenvalue weighted by molar-refractivity contribution is -0.0627. The zero-order chi connectivity index (χ0) is 22.5. The third kappa shape index (κ3) is 14.7. The van der Waals surface area contributed by atoms with Crippen LogP contribution in [-0.2, 0) is 9.47 Å². The molecular formula is C27H53IO2. The van der Waals surface area contributed by atoms with E-state index in [1.807, 2.05) is 0 Å². The molecule has 0 N–H and O–H groups in total. The number of hydrogen-bond donors (Lipinski definition) is 0. The van der Waals surface area contributed by atoms with Crippen LogP contribution >= 0.6 is 22.6 Å². The van der Waals surface area contributed by atoms with Gasteiger partial charge in [-0.25, -0.2) is 0 Å². The molecule has 3 heteroatoms. The van der Waals surface area contributed by atoms with Crippen LogP contribution in [0.1, 0.15) is 113 Å². The van der Waals surface area contributed by atoms with E-state index in [1.54, 1.807) is 0 Å². The Bertz CT molecular complexity index is 416. The predicted octanol–water partition coefficient (Wildman–Crippen LogP) is 9.11. The molecule has 0 amide bonds. The number of alkyl halides is 1. The number of halogens is 1. The van der Waals surface area contributed by atoms with Gasteiger partial charge in [0.15, 0.2) is 0 Å². The average molecular weight is 537 g/mol. The maximum atomic E-state index is 5.88. The molecule has 1 aliphatic heterocycles. The Morgan fingerprint density at radius 3 is 1.40 bits per heavy atom. The highest BCUT2D eigenvalue weighted by molar-refractivity contribution is 14.1. The van der Waals surface area contributed by atoms with Crippen molar-refractivity contribution in [3.8, 4) is 0 Å². The predicted molar refractivity (Wildman–Crippen MR) is 140 cm³/mol. The van der Waals surface area contributed by atoms with Crippen LogP contribution in [-0.4, -0.2) is 17.5 Å². The second-order valence-electron chi connectivity index (χ2n) is 11.5. The molecule has 1 rings (SSSR count). The standard InChI is InChI=1S/C27H53IO2/c1-20-9-8-12-29-19-30-27(28)11-10-21(2)14-23(4)16-25(6)18-26(7)17-24(5)15-22(3)13-20/h20-27H,8-19H2,1-7H3. The lowest BCUT2D eigenvalue weighted by Gasteiger charge is -2.26. The van der Waals surface area contributed by atoms with Gasteiger partial charge in [0.25, 0.3) is 0 Å². The Hall–Kier alpha value is 0.650. The van der Waals surface area contributed by atoms with Crippen LogP contribution in [0.25, 0.3) is 0 Å². The van der Waals surface area contributed by atoms with Crippen molar-refractivity contribution in [1.82, 2.24) is 0 Å². The van der Waals surface area contributed by atoms with Crippen LogP contribution in [0.3, 0.4) is 0 Å². The molecular weight excluding hydrogens is 483 g/mol.